The molecule has 6 nitrogen and oxygen atoms in total. The summed E-state index contributed by atoms with van der Waals surface area (Å²) in [4.78, 5) is 22.6. The smallest absolute Gasteiger partial charge is 0.408 e. The van der Waals surface area contributed by atoms with Crippen LogP contribution in [0.15, 0.2) is 43.0 Å². The van der Waals surface area contributed by atoms with E-state index in [1.165, 1.54) is 5.56 Å². The Bertz CT molecular complexity index is 623. The van der Waals surface area contributed by atoms with Crippen molar-refractivity contribution in [2.24, 2.45) is 17.1 Å². The molecular formula is C21H32N2O4. The van der Waals surface area contributed by atoms with Crippen LogP contribution in [-0.4, -0.2) is 29.3 Å². The zero-order valence-corrected chi connectivity index (χ0v) is 16.6. The van der Waals surface area contributed by atoms with Gasteiger partial charge in [0, 0.05) is 12.0 Å². The van der Waals surface area contributed by atoms with Crippen molar-refractivity contribution in [1.29, 1.82) is 0 Å². The number of nitrogens with two attached hydrogens (primary N) is 1. The molecule has 0 aromatic heterocycles. The molecule has 0 bridgehead atoms. The van der Waals surface area contributed by atoms with E-state index in [4.69, 9.17) is 15.6 Å². The van der Waals surface area contributed by atoms with Gasteiger partial charge in [0.2, 0.25) is 0 Å². The third kappa shape index (κ3) is 8.26. The van der Waals surface area contributed by atoms with Crippen LogP contribution in [0, 0.1) is 11.3 Å². The Morgan fingerprint density at radius 2 is 1.96 bits per heavy atom. The number of benzene rings is 1. The van der Waals surface area contributed by atoms with E-state index in [1.54, 1.807) is 26.8 Å². The predicted octanol–water partition coefficient (Wildman–Crippen LogP) is 3.88. The van der Waals surface area contributed by atoms with Crippen molar-refractivity contribution in [2.75, 3.05) is 0 Å². The highest BCUT2D eigenvalue weighted by atomic mass is 16.6. The van der Waals surface area contributed by atoms with E-state index in [0.29, 0.717) is 5.92 Å². The summed E-state index contributed by atoms with van der Waals surface area (Å²) in [5, 5.41) is 11.5. The number of carboxylic acid groups (broad SMARTS) is 1. The summed E-state index contributed by atoms with van der Waals surface area (Å²) in [5.41, 5.74) is 6.25. The minimum Gasteiger partial charge on any atom is -0.480 e. The van der Waals surface area contributed by atoms with Crippen LogP contribution in [0.25, 0.3) is 0 Å². The molecule has 6 heteroatoms. The van der Waals surface area contributed by atoms with E-state index in [-0.39, 0.29) is 12.1 Å². The summed E-state index contributed by atoms with van der Waals surface area (Å²) in [5.74, 6) is -0.718. The van der Waals surface area contributed by atoms with Crippen molar-refractivity contribution in [3.05, 3.63) is 48.6 Å². The molecule has 0 radical (unpaired) electrons. The van der Waals surface area contributed by atoms with Crippen molar-refractivity contribution >= 4 is 12.1 Å². The summed E-state index contributed by atoms with van der Waals surface area (Å²) in [6.07, 6.45) is 2.68. The van der Waals surface area contributed by atoms with Crippen LogP contribution in [0.1, 0.15) is 52.1 Å². The highest BCUT2D eigenvalue weighted by Gasteiger charge is 2.41. The van der Waals surface area contributed by atoms with Crippen molar-refractivity contribution in [3.8, 4) is 0 Å². The molecule has 1 aliphatic carbocycles. The van der Waals surface area contributed by atoms with Crippen molar-refractivity contribution in [3.63, 3.8) is 0 Å². The second-order valence-electron chi connectivity index (χ2n) is 7.94. The van der Waals surface area contributed by atoms with Crippen LogP contribution in [0.2, 0.25) is 0 Å². The van der Waals surface area contributed by atoms with E-state index in [2.05, 4.69) is 11.9 Å². The first-order valence-electron chi connectivity index (χ1n) is 9.17. The fourth-order valence-corrected chi connectivity index (χ4v) is 2.52. The number of rotatable bonds is 6. The summed E-state index contributed by atoms with van der Waals surface area (Å²) in [6.45, 7) is 10.9. The van der Waals surface area contributed by atoms with Gasteiger partial charge in [0.05, 0.1) is 0 Å². The topological polar surface area (TPSA) is 102 Å². The number of hydrogen-bond donors (Lipinski definition) is 3. The van der Waals surface area contributed by atoms with Crippen LogP contribution in [0.3, 0.4) is 0 Å². The molecule has 1 amide bonds. The third-order valence-corrected chi connectivity index (χ3v) is 4.29. The van der Waals surface area contributed by atoms with Gasteiger partial charge in [-0.05, 0) is 30.7 Å². The third-order valence-electron chi connectivity index (χ3n) is 4.29. The number of amides is 1. The highest BCUT2D eigenvalue weighted by molar-refractivity contribution is 5.80. The maximum Gasteiger partial charge on any atom is 0.408 e. The fraction of sp³-hybridized carbons (Fsp3) is 0.524. The second kappa shape index (κ2) is 10.1. The molecule has 1 fully saturated rings. The summed E-state index contributed by atoms with van der Waals surface area (Å²) in [6, 6.07) is 9.26. The van der Waals surface area contributed by atoms with Gasteiger partial charge in [-0.1, -0.05) is 57.2 Å². The minimum atomic E-state index is -1.06. The quantitative estimate of drug-likeness (QED) is 0.654. The van der Waals surface area contributed by atoms with Crippen LogP contribution < -0.4 is 11.1 Å². The number of nitrogens with one attached hydrogen (secondary N) is 1. The van der Waals surface area contributed by atoms with E-state index in [9.17, 15) is 9.59 Å². The highest BCUT2D eigenvalue weighted by Crippen LogP contribution is 2.37. The molecule has 4 atom stereocenters. The van der Waals surface area contributed by atoms with Gasteiger partial charge in [0.25, 0.3) is 0 Å². The number of aliphatic carboxylic acids is 1. The van der Waals surface area contributed by atoms with Gasteiger partial charge in [-0.3, -0.25) is 0 Å². The van der Waals surface area contributed by atoms with Crippen LogP contribution >= 0.6 is 0 Å². The van der Waals surface area contributed by atoms with E-state index >= 15 is 0 Å². The molecule has 1 aromatic carbocycles. The molecule has 4 unspecified atom stereocenters. The van der Waals surface area contributed by atoms with Crippen molar-refractivity contribution < 1.29 is 19.4 Å². The lowest BCUT2D eigenvalue weighted by Gasteiger charge is -2.27. The Kier molecular flexibility index (Phi) is 8.50. The van der Waals surface area contributed by atoms with Gasteiger partial charge < -0.3 is 20.9 Å². The molecule has 0 saturated heterocycles. The van der Waals surface area contributed by atoms with Crippen molar-refractivity contribution in [1.82, 2.24) is 5.32 Å². The average Bonchev–Trinajstić information content (AvgIpc) is 3.30. The molecule has 1 saturated carbocycles. The number of carboxylic acids is 1. The fourth-order valence-electron chi connectivity index (χ4n) is 2.52. The Hall–Kier alpha value is -2.34. The lowest BCUT2D eigenvalue weighted by molar-refractivity contribution is -0.142. The van der Waals surface area contributed by atoms with Gasteiger partial charge in [0.1, 0.15) is 12.1 Å². The summed E-state index contributed by atoms with van der Waals surface area (Å²) < 4.78 is 5.14. The molecule has 27 heavy (non-hydrogen) atoms. The van der Waals surface area contributed by atoms with Crippen molar-refractivity contribution in [2.45, 2.75) is 58.7 Å². The molecule has 4 N–H and O–H groups in total. The normalized spacial score (nSPS) is 20.3. The van der Waals surface area contributed by atoms with Gasteiger partial charge >= 0.3 is 12.1 Å². The molecule has 1 aliphatic rings. The average molecular weight is 376 g/mol. The maximum absolute atomic E-state index is 11.6. The van der Waals surface area contributed by atoms with Crippen LogP contribution in [0.5, 0.6) is 0 Å². The second-order valence-corrected chi connectivity index (χ2v) is 7.94. The zero-order valence-electron chi connectivity index (χ0n) is 16.6. The van der Waals surface area contributed by atoms with Gasteiger partial charge in [-0.25, -0.2) is 9.59 Å². The van der Waals surface area contributed by atoms with E-state index < -0.39 is 23.5 Å². The molecule has 150 valence electrons. The first-order valence-corrected chi connectivity index (χ1v) is 9.17. The SMILES string of the molecule is C=CCC1CC1OC(=O)NC(C(=O)O)C(C)(C)C.CC(N)c1ccccc1. The maximum atomic E-state index is 11.6. The first-order chi connectivity index (χ1) is 12.6. The van der Waals surface area contributed by atoms with Gasteiger partial charge in [0.15, 0.2) is 0 Å². The lowest BCUT2D eigenvalue weighted by Crippen LogP contribution is -2.49. The van der Waals surface area contributed by atoms with Crippen LogP contribution in [0.4, 0.5) is 4.79 Å². The largest absolute Gasteiger partial charge is 0.480 e. The Labute approximate surface area is 161 Å². The minimum absolute atomic E-state index is 0.0996. The molecule has 0 spiro atoms. The number of hydrogen-bond acceptors (Lipinski definition) is 4. The number of allylic oxidation sites excluding steroid dienone is 1. The summed E-state index contributed by atoms with van der Waals surface area (Å²) in [7, 11) is 0. The van der Waals surface area contributed by atoms with E-state index in [1.807, 2.05) is 37.3 Å². The number of alkyl carbamates (subject to hydrolysis) is 1. The Morgan fingerprint density at radius 1 is 1.37 bits per heavy atom. The van der Waals surface area contributed by atoms with Gasteiger partial charge in [-0.15, -0.1) is 6.58 Å². The van der Waals surface area contributed by atoms with Crippen LogP contribution in [-0.2, 0) is 9.53 Å². The zero-order chi connectivity index (χ0) is 20.6. The molecule has 1 aromatic rings. The van der Waals surface area contributed by atoms with E-state index in [0.717, 1.165) is 12.8 Å². The number of carbonyl (C=O) groups excluding carboxylic acids is 1. The monoisotopic (exact) mass is 376 g/mol. The molecular weight excluding hydrogens is 344 g/mol. The standard InChI is InChI=1S/C13H21NO4.C8H11N/c1-5-6-8-7-9(8)18-12(17)14-10(11(15)16)13(2,3)4;1-7(9)8-5-3-2-4-6-8/h5,8-10H,1,6-7H2,2-4H3,(H,14,17)(H,15,16);2-7H,9H2,1H3. The molecule has 2 rings (SSSR count). The Balaban J connectivity index is 0.000000337. The molecule has 0 aliphatic heterocycles. The first kappa shape index (κ1) is 22.7. The summed E-state index contributed by atoms with van der Waals surface area (Å²) >= 11 is 0. The number of ether oxygens (including phenoxy) is 1. The van der Waals surface area contributed by atoms with Gasteiger partial charge in [-0.2, -0.15) is 0 Å². The predicted molar refractivity (Wildman–Crippen MR) is 106 cm³/mol. The number of carbonyl (C=O) groups is 2. The Morgan fingerprint density at radius 3 is 2.37 bits per heavy atom. The molecule has 0 heterocycles. The lowest BCUT2D eigenvalue weighted by atomic mass is 9.87.